The van der Waals surface area contributed by atoms with Gasteiger partial charge in [0, 0.05) is 37.1 Å². The fourth-order valence-corrected chi connectivity index (χ4v) is 5.62. The Morgan fingerprint density at radius 3 is 2.44 bits per heavy atom. The number of carbonyl (C=O) groups excluding carboxylic acids is 1. The van der Waals surface area contributed by atoms with Crippen LogP contribution in [0, 0.1) is 0 Å². The first-order chi connectivity index (χ1) is 17.6. The average Bonchev–Trinajstić information content (AvgIpc) is 2.94. The fraction of sp³-hybridized carbons (Fsp3) is 0.552. The molecule has 3 heterocycles. The van der Waals surface area contributed by atoms with Gasteiger partial charge in [0.25, 0.3) is 5.91 Å². The molecule has 0 saturated carbocycles. The van der Waals surface area contributed by atoms with Crippen LogP contribution in [-0.4, -0.2) is 76.0 Å². The number of nitrogens with zero attached hydrogens (tertiary/aromatic N) is 3. The predicted molar refractivity (Wildman–Crippen MR) is 142 cm³/mol. The lowest BCUT2D eigenvalue weighted by Gasteiger charge is -2.47. The molecule has 0 bridgehead atoms. The lowest BCUT2D eigenvalue weighted by molar-refractivity contribution is -0.141. The highest BCUT2D eigenvalue weighted by Gasteiger charge is 2.42. The molecule has 7 nitrogen and oxygen atoms in total. The normalized spacial score (nSPS) is 20.5. The Bertz CT molecular complexity index is 998. The van der Waals surface area contributed by atoms with Crippen LogP contribution in [-0.2, 0) is 9.53 Å². The summed E-state index contributed by atoms with van der Waals surface area (Å²) in [6, 6.07) is 16.2. The molecule has 0 atom stereocenters. The van der Waals surface area contributed by atoms with Gasteiger partial charge in [0.2, 0.25) is 0 Å². The Morgan fingerprint density at radius 1 is 0.917 bits per heavy atom. The number of anilines is 2. The lowest BCUT2D eigenvalue weighted by Crippen LogP contribution is -2.59. The average molecular weight is 494 g/mol. The fourth-order valence-electron chi connectivity index (χ4n) is 5.62. The number of carbonyl (C=O) groups is 1. The van der Waals surface area contributed by atoms with E-state index >= 15 is 0 Å². The van der Waals surface area contributed by atoms with Gasteiger partial charge in [-0.05, 0) is 81.6 Å². The highest BCUT2D eigenvalue weighted by molar-refractivity contribution is 5.95. The molecular formula is C29H39N3O4. The molecule has 3 fully saturated rings. The van der Waals surface area contributed by atoms with Crippen LogP contribution in [0.2, 0.25) is 0 Å². The van der Waals surface area contributed by atoms with Crippen LogP contribution < -0.4 is 19.3 Å². The summed E-state index contributed by atoms with van der Waals surface area (Å²) in [6.45, 7) is 6.89. The highest BCUT2D eigenvalue weighted by atomic mass is 16.5. The van der Waals surface area contributed by atoms with E-state index in [0.29, 0.717) is 6.54 Å². The molecule has 194 valence electrons. The molecule has 3 aliphatic rings. The first-order valence-corrected chi connectivity index (χ1v) is 13.4. The van der Waals surface area contributed by atoms with E-state index in [0.717, 1.165) is 62.7 Å². The first kappa shape index (κ1) is 24.9. The van der Waals surface area contributed by atoms with Crippen LogP contribution in [0.3, 0.4) is 0 Å². The third-order valence-electron chi connectivity index (χ3n) is 7.83. The van der Waals surface area contributed by atoms with Gasteiger partial charge in [-0.2, -0.15) is 0 Å². The van der Waals surface area contributed by atoms with Crippen molar-refractivity contribution in [1.82, 2.24) is 4.90 Å². The quantitative estimate of drug-likeness (QED) is 0.510. The smallest absolute Gasteiger partial charge is 0.253 e. The largest absolute Gasteiger partial charge is 0.497 e. The van der Waals surface area contributed by atoms with Gasteiger partial charge in [-0.3, -0.25) is 4.79 Å². The second kappa shape index (κ2) is 11.5. The summed E-state index contributed by atoms with van der Waals surface area (Å²) in [6.07, 6.45) is 6.90. The van der Waals surface area contributed by atoms with Crippen LogP contribution in [0.25, 0.3) is 0 Å². The Balaban J connectivity index is 1.11. The molecule has 36 heavy (non-hydrogen) atoms. The van der Waals surface area contributed by atoms with Gasteiger partial charge in [0.05, 0.1) is 25.9 Å². The summed E-state index contributed by atoms with van der Waals surface area (Å²) >= 11 is 0. The molecule has 5 rings (SSSR count). The van der Waals surface area contributed by atoms with Gasteiger partial charge >= 0.3 is 0 Å². The predicted octanol–water partition coefficient (Wildman–Crippen LogP) is 4.35. The van der Waals surface area contributed by atoms with Crippen LogP contribution >= 0.6 is 0 Å². The number of likely N-dealkylation sites (tertiary alicyclic amines) is 1. The number of methoxy groups -OCH3 is 1. The van der Waals surface area contributed by atoms with Crippen molar-refractivity contribution < 1.29 is 19.0 Å². The standard InChI is InChI=1S/C29H39N3O4/c1-34-27-8-5-7-25(21-27)32-23-29(36-22-28(32)33)13-18-31(19-14-29)24-9-11-26(12-10-24)35-20-6-17-30-15-3-2-4-16-30/h5,7-12,21H,2-4,6,13-20,22-23H2,1H3. The first-order valence-electron chi connectivity index (χ1n) is 13.4. The minimum atomic E-state index is -0.301. The van der Waals surface area contributed by atoms with E-state index < -0.39 is 0 Å². The number of ether oxygens (including phenoxy) is 3. The van der Waals surface area contributed by atoms with Crippen molar-refractivity contribution in [3.63, 3.8) is 0 Å². The molecule has 3 aliphatic heterocycles. The number of hydrogen-bond donors (Lipinski definition) is 0. The number of hydrogen-bond acceptors (Lipinski definition) is 6. The summed E-state index contributed by atoms with van der Waals surface area (Å²) in [5.74, 6) is 1.70. The van der Waals surface area contributed by atoms with Crippen LogP contribution in [0.4, 0.5) is 11.4 Å². The van der Waals surface area contributed by atoms with E-state index in [9.17, 15) is 4.79 Å². The third kappa shape index (κ3) is 5.95. The van der Waals surface area contributed by atoms with Gasteiger partial charge in [-0.15, -0.1) is 0 Å². The van der Waals surface area contributed by atoms with Crippen molar-refractivity contribution in [2.24, 2.45) is 0 Å². The lowest BCUT2D eigenvalue weighted by atomic mass is 9.88. The maximum absolute atomic E-state index is 12.6. The van der Waals surface area contributed by atoms with E-state index in [4.69, 9.17) is 14.2 Å². The number of morpholine rings is 1. The zero-order chi connectivity index (χ0) is 24.8. The third-order valence-corrected chi connectivity index (χ3v) is 7.83. The molecule has 0 N–H and O–H groups in total. The van der Waals surface area contributed by atoms with E-state index in [1.54, 1.807) is 7.11 Å². The van der Waals surface area contributed by atoms with Crippen molar-refractivity contribution in [3.8, 4) is 11.5 Å². The van der Waals surface area contributed by atoms with Crippen LogP contribution in [0.15, 0.2) is 48.5 Å². The molecule has 3 saturated heterocycles. The molecule has 0 aromatic heterocycles. The molecule has 7 heteroatoms. The van der Waals surface area contributed by atoms with Crippen molar-refractivity contribution in [2.75, 3.05) is 69.4 Å². The Hall–Kier alpha value is -2.77. The molecule has 1 amide bonds. The van der Waals surface area contributed by atoms with E-state index in [2.05, 4.69) is 34.1 Å². The molecule has 2 aromatic rings. The van der Waals surface area contributed by atoms with Gasteiger partial charge in [-0.1, -0.05) is 12.5 Å². The van der Waals surface area contributed by atoms with E-state index in [1.807, 2.05) is 29.2 Å². The SMILES string of the molecule is COc1cccc(N2CC3(CCN(c4ccc(OCCCN5CCCCC5)cc4)CC3)OCC2=O)c1. The van der Waals surface area contributed by atoms with E-state index in [-0.39, 0.29) is 18.1 Å². The monoisotopic (exact) mass is 493 g/mol. The second-order valence-corrected chi connectivity index (χ2v) is 10.2. The number of rotatable bonds is 8. The van der Waals surface area contributed by atoms with Crippen molar-refractivity contribution in [1.29, 1.82) is 0 Å². The van der Waals surface area contributed by atoms with Gasteiger partial charge in [0.15, 0.2) is 0 Å². The zero-order valence-electron chi connectivity index (χ0n) is 21.5. The van der Waals surface area contributed by atoms with Gasteiger partial charge in [0.1, 0.15) is 18.1 Å². The molecule has 2 aromatic carbocycles. The summed E-state index contributed by atoms with van der Waals surface area (Å²) < 4.78 is 17.5. The Labute approximate surface area is 214 Å². The van der Waals surface area contributed by atoms with Crippen molar-refractivity contribution >= 4 is 17.3 Å². The van der Waals surface area contributed by atoms with Crippen molar-refractivity contribution in [2.45, 2.75) is 44.1 Å². The summed E-state index contributed by atoms with van der Waals surface area (Å²) in [4.78, 5) is 19.5. The summed E-state index contributed by atoms with van der Waals surface area (Å²) in [5.41, 5.74) is 1.78. The topological polar surface area (TPSA) is 54.5 Å². The molecule has 1 spiro atoms. The number of amides is 1. The maximum atomic E-state index is 12.6. The molecule has 0 unspecified atom stereocenters. The van der Waals surface area contributed by atoms with Crippen molar-refractivity contribution in [3.05, 3.63) is 48.5 Å². The van der Waals surface area contributed by atoms with Crippen LogP contribution in [0.1, 0.15) is 38.5 Å². The maximum Gasteiger partial charge on any atom is 0.253 e. The van der Waals surface area contributed by atoms with Gasteiger partial charge < -0.3 is 28.9 Å². The Morgan fingerprint density at radius 2 is 1.69 bits per heavy atom. The summed E-state index contributed by atoms with van der Waals surface area (Å²) in [7, 11) is 1.65. The number of piperidine rings is 2. The summed E-state index contributed by atoms with van der Waals surface area (Å²) in [5, 5.41) is 0. The minimum absolute atomic E-state index is 0.00262. The number of benzene rings is 2. The molecule has 0 aliphatic carbocycles. The van der Waals surface area contributed by atoms with Gasteiger partial charge in [-0.25, -0.2) is 0 Å². The van der Waals surface area contributed by atoms with Crippen LogP contribution in [0.5, 0.6) is 11.5 Å². The molecule has 0 radical (unpaired) electrons. The molecular weight excluding hydrogens is 454 g/mol. The highest BCUT2D eigenvalue weighted by Crippen LogP contribution is 2.35. The zero-order valence-corrected chi connectivity index (χ0v) is 21.5. The second-order valence-electron chi connectivity index (χ2n) is 10.2. The Kier molecular flexibility index (Phi) is 7.97. The minimum Gasteiger partial charge on any atom is -0.497 e. The van der Waals surface area contributed by atoms with E-state index in [1.165, 1.54) is 38.0 Å².